The molecule has 3 rings (SSSR count). The molecule has 84 valence electrons. The standard InChI is InChI=1S/C13H12N4/c1-14-16-7-9-6-11-10-4-2-3-5-12(10)17-13(11)8-15-9/h2-8,14,17H,1H3. The minimum atomic E-state index is 0.844. The van der Waals surface area contributed by atoms with Gasteiger partial charge in [0.2, 0.25) is 0 Å². The molecule has 4 heteroatoms. The lowest BCUT2D eigenvalue weighted by Gasteiger charge is -1.94. The van der Waals surface area contributed by atoms with Gasteiger partial charge in [-0.15, -0.1) is 0 Å². The Hall–Kier alpha value is -2.36. The van der Waals surface area contributed by atoms with Crippen molar-refractivity contribution >= 4 is 28.0 Å². The first-order valence-corrected chi connectivity index (χ1v) is 5.45. The van der Waals surface area contributed by atoms with E-state index in [-0.39, 0.29) is 0 Å². The quantitative estimate of drug-likeness (QED) is 0.518. The predicted octanol–water partition coefficient (Wildman–Crippen LogP) is 2.27. The molecule has 2 aromatic heterocycles. The van der Waals surface area contributed by atoms with Gasteiger partial charge in [0.05, 0.1) is 23.6 Å². The Kier molecular flexibility index (Phi) is 2.26. The third-order valence-corrected chi connectivity index (χ3v) is 2.74. The number of hydrogen-bond donors (Lipinski definition) is 2. The Morgan fingerprint density at radius 3 is 3.00 bits per heavy atom. The van der Waals surface area contributed by atoms with Gasteiger partial charge in [-0.05, 0) is 12.1 Å². The zero-order valence-corrected chi connectivity index (χ0v) is 9.44. The van der Waals surface area contributed by atoms with E-state index in [0.717, 1.165) is 16.7 Å². The number of pyridine rings is 1. The molecule has 0 aliphatic carbocycles. The number of benzene rings is 1. The Labute approximate surface area is 98.4 Å². The van der Waals surface area contributed by atoms with Crippen LogP contribution in [0.1, 0.15) is 5.69 Å². The van der Waals surface area contributed by atoms with Gasteiger partial charge in [0.15, 0.2) is 0 Å². The normalized spacial score (nSPS) is 11.6. The highest BCUT2D eigenvalue weighted by Gasteiger charge is 2.04. The van der Waals surface area contributed by atoms with Gasteiger partial charge in [-0.3, -0.25) is 4.98 Å². The molecule has 2 N–H and O–H groups in total. The van der Waals surface area contributed by atoms with Crippen molar-refractivity contribution < 1.29 is 0 Å². The number of aromatic amines is 1. The molecule has 0 bridgehead atoms. The van der Waals surface area contributed by atoms with E-state index in [4.69, 9.17) is 0 Å². The van der Waals surface area contributed by atoms with Crippen LogP contribution in [0.3, 0.4) is 0 Å². The van der Waals surface area contributed by atoms with Crippen LogP contribution in [-0.4, -0.2) is 23.2 Å². The third kappa shape index (κ3) is 1.63. The largest absolute Gasteiger partial charge is 0.353 e. The monoisotopic (exact) mass is 224 g/mol. The van der Waals surface area contributed by atoms with E-state index in [9.17, 15) is 0 Å². The molecule has 3 aromatic rings. The maximum absolute atomic E-state index is 4.32. The van der Waals surface area contributed by atoms with E-state index in [1.54, 1.807) is 13.3 Å². The molecule has 0 saturated carbocycles. The van der Waals surface area contributed by atoms with Crippen LogP contribution in [0.5, 0.6) is 0 Å². The first-order chi connectivity index (χ1) is 8.38. The number of hydrogen-bond acceptors (Lipinski definition) is 3. The lowest BCUT2D eigenvalue weighted by atomic mass is 10.2. The molecule has 17 heavy (non-hydrogen) atoms. The van der Waals surface area contributed by atoms with E-state index in [2.05, 4.69) is 32.6 Å². The second-order valence-corrected chi connectivity index (χ2v) is 3.81. The zero-order chi connectivity index (χ0) is 11.7. The van der Waals surface area contributed by atoms with Crippen LogP contribution in [0.2, 0.25) is 0 Å². The highest BCUT2D eigenvalue weighted by atomic mass is 15.3. The summed E-state index contributed by atoms with van der Waals surface area (Å²) in [4.78, 5) is 7.66. The molecule has 0 fully saturated rings. The Morgan fingerprint density at radius 1 is 1.24 bits per heavy atom. The van der Waals surface area contributed by atoms with Crippen molar-refractivity contribution in [2.24, 2.45) is 5.10 Å². The van der Waals surface area contributed by atoms with Crippen molar-refractivity contribution in [3.63, 3.8) is 0 Å². The van der Waals surface area contributed by atoms with Crippen molar-refractivity contribution in [1.82, 2.24) is 15.4 Å². The summed E-state index contributed by atoms with van der Waals surface area (Å²) >= 11 is 0. The smallest absolute Gasteiger partial charge is 0.0837 e. The molecule has 2 heterocycles. The highest BCUT2D eigenvalue weighted by molar-refractivity contribution is 6.07. The molecule has 0 amide bonds. The summed E-state index contributed by atoms with van der Waals surface area (Å²) in [6, 6.07) is 10.3. The molecule has 0 atom stereocenters. The SMILES string of the molecule is CNN=Cc1cc2c(cn1)[nH]c1ccccc12. The summed E-state index contributed by atoms with van der Waals surface area (Å²) in [6.07, 6.45) is 3.55. The summed E-state index contributed by atoms with van der Waals surface area (Å²) in [5.41, 5.74) is 5.74. The minimum absolute atomic E-state index is 0.844. The molecule has 0 unspecified atom stereocenters. The van der Waals surface area contributed by atoms with E-state index < -0.39 is 0 Å². The highest BCUT2D eigenvalue weighted by Crippen LogP contribution is 2.24. The van der Waals surface area contributed by atoms with Crippen LogP contribution in [0, 0.1) is 0 Å². The second-order valence-electron chi connectivity index (χ2n) is 3.81. The van der Waals surface area contributed by atoms with E-state index in [0.29, 0.717) is 0 Å². The van der Waals surface area contributed by atoms with Crippen LogP contribution in [0.15, 0.2) is 41.6 Å². The first-order valence-electron chi connectivity index (χ1n) is 5.45. The van der Waals surface area contributed by atoms with Gasteiger partial charge in [0, 0.05) is 23.3 Å². The van der Waals surface area contributed by atoms with Crippen molar-refractivity contribution in [2.45, 2.75) is 0 Å². The summed E-state index contributed by atoms with van der Waals surface area (Å²) in [5.74, 6) is 0. The number of aromatic nitrogens is 2. The van der Waals surface area contributed by atoms with Crippen LogP contribution in [0.25, 0.3) is 21.8 Å². The molecule has 0 aliphatic heterocycles. The van der Waals surface area contributed by atoms with Crippen molar-refractivity contribution in [3.05, 3.63) is 42.2 Å². The van der Waals surface area contributed by atoms with E-state index >= 15 is 0 Å². The van der Waals surface area contributed by atoms with Crippen molar-refractivity contribution in [2.75, 3.05) is 7.05 Å². The minimum Gasteiger partial charge on any atom is -0.353 e. The molecule has 0 aliphatic rings. The predicted molar refractivity (Wildman–Crippen MR) is 70.3 cm³/mol. The summed E-state index contributed by atoms with van der Waals surface area (Å²) < 4.78 is 0. The van der Waals surface area contributed by atoms with Crippen LogP contribution in [-0.2, 0) is 0 Å². The van der Waals surface area contributed by atoms with E-state index in [1.807, 2.05) is 24.4 Å². The fourth-order valence-electron chi connectivity index (χ4n) is 1.97. The van der Waals surface area contributed by atoms with Crippen molar-refractivity contribution in [3.8, 4) is 0 Å². The second kappa shape index (κ2) is 3.90. The lowest BCUT2D eigenvalue weighted by molar-refractivity contribution is 0.907. The van der Waals surface area contributed by atoms with Gasteiger partial charge in [-0.25, -0.2) is 0 Å². The molecule has 0 radical (unpaired) electrons. The lowest BCUT2D eigenvalue weighted by Crippen LogP contribution is -1.96. The molecule has 0 saturated heterocycles. The average molecular weight is 224 g/mol. The number of hydrazone groups is 1. The van der Waals surface area contributed by atoms with Crippen LogP contribution < -0.4 is 5.43 Å². The van der Waals surface area contributed by atoms with E-state index in [1.165, 1.54) is 10.8 Å². The molecule has 1 aromatic carbocycles. The maximum Gasteiger partial charge on any atom is 0.0837 e. The number of fused-ring (bicyclic) bond motifs is 3. The number of para-hydroxylation sites is 1. The fourth-order valence-corrected chi connectivity index (χ4v) is 1.97. The Morgan fingerprint density at radius 2 is 2.12 bits per heavy atom. The van der Waals surface area contributed by atoms with Crippen molar-refractivity contribution in [1.29, 1.82) is 0 Å². The number of nitrogens with one attached hydrogen (secondary N) is 2. The number of rotatable bonds is 2. The average Bonchev–Trinajstić information content (AvgIpc) is 2.74. The van der Waals surface area contributed by atoms with Crippen LogP contribution in [0.4, 0.5) is 0 Å². The number of nitrogens with zero attached hydrogens (tertiary/aromatic N) is 2. The molecular formula is C13H12N4. The van der Waals surface area contributed by atoms with Gasteiger partial charge in [-0.1, -0.05) is 18.2 Å². The third-order valence-electron chi connectivity index (χ3n) is 2.74. The van der Waals surface area contributed by atoms with Gasteiger partial charge >= 0.3 is 0 Å². The Balaban J connectivity index is 2.26. The topological polar surface area (TPSA) is 53.1 Å². The van der Waals surface area contributed by atoms with Gasteiger partial charge in [0.1, 0.15) is 0 Å². The van der Waals surface area contributed by atoms with Crippen LogP contribution >= 0.6 is 0 Å². The molecule has 4 nitrogen and oxygen atoms in total. The Bertz CT molecular complexity index is 697. The summed E-state index contributed by atoms with van der Waals surface area (Å²) in [7, 11) is 1.76. The van der Waals surface area contributed by atoms with Gasteiger partial charge in [0.25, 0.3) is 0 Å². The van der Waals surface area contributed by atoms with Gasteiger partial charge < -0.3 is 10.4 Å². The maximum atomic E-state index is 4.32. The molecular weight excluding hydrogens is 212 g/mol. The molecule has 0 spiro atoms. The summed E-state index contributed by atoms with van der Waals surface area (Å²) in [6.45, 7) is 0. The summed E-state index contributed by atoms with van der Waals surface area (Å²) in [5, 5.41) is 6.35. The fraction of sp³-hybridized carbons (Fsp3) is 0.0769. The number of H-pyrrole nitrogens is 1. The first kappa shape index (κ1) is 9.84. The zero-order valence-electron chi connectivity index (χ0n) is 9.44. The van der Waals surface area contributed by atoms with Gasteiger partial charge in [-0.2, -0.15) is 5.10 Å².